The summed E-state index contributed by atoms with van der Waals surface area (Å²) in [7, 11) is 0. The second-order valence-corrected chi connectivity index (χ2v) is 9.41. The molecule has 5 heteroatoms. The van der Waals surface area contributed by atoms with Gasteiger partial charge in [0.1, 0.15) is 6.04 Å². The van der Waals surface area contributed by atoms with Crippen LogP contribution >= 0.6 is 11.6 Å². The number of allylic oxidation sites excluding steroid dienone is 2. The van der Waals surface area contributed by atoms with Gasteiger partial charge in [-0.25, -0.2) is 0 Å². The lowest BCUT2D eigenvalue weighted by molar-refractivity contribution is -0.125. The second-order valence-electron chi connectivity index (χ2n) is 8.97. The molecule has 0 unspecified atom stereocenters. The monoisotopic (exact) mass is 482 g/mol. The van der Waals surface area contributed by atoms with Crippen molar-refractivity contribution in [1.82, 2.24) is 10.2 Å². The van der Waals surface area contributed by atoms with E-state index in [4.69, 9.17) is 11.6 Å². The van der Waals surface area contributed by atoms with Crippen molar-refractivity contribution < 1.29 is 9.59 Å². The van der Waals surface area contributed by atoms with Crippen molar-refractivity contribution in [1.29, 1.82) is 0 Å². The Morgan fingerprint density at radius 1 is 0.857 bits per heavy atom. The van der Waals surface area contributed by atoms with Gasteiger partial charge in [-0.2, -0.15) is 0 Å². The summed E-state index contributed by atoms with van der Waals surface area (Å²) >= 11 is 6.18. The van der Waals surface area contributed by atoms with Crippen molar-refractivity contribution in [3.63, 3.8) is 0 Å². The van der Waals surface area contributed by atoms with Gasteiger partial charge in [0, 0.05) is 29.2 Å². The molecule has 0 aromatic heterocycles. The molecule has 0 saturated carbocycles. The third-order valence-electron chi connectivity index (χ3n) is 6.88. The summed E-state index contributed by atoms with van der Waals surface area (Å²) in [6, 6.07) is 26.3. The molecule has 3 aromatic carbocycles. The van der Waals surface area contributed by atoms with E-state index in [0.29, 0.717) is 17.1 Å². The molecule has 0 aliphatic carbocycles. The lowest BCUT2D eigenvalue weighted by Gasteiger charge is -2.30. The van der Waals surface area contributed by atoms with E-state index in [9.17, 15) is 9.59 Å². The highest BCUT2D eigenvalue weighted by Gasteiger charge is 2.53. The predicted molar refractivity (Wildman–Crippen MR) is 139 cm³/mol. The number of Topliss-reactive ketones (excluding diaryl/α,β-unsaturated/α-hetero) is 1. The summed E-state index contributed by atoms with van der Waals surface area (Å²) in [6.45, 7) is 0.530. The Morgan fingerprint density at radius 2 is 1.54 bits per heavy atom. The van der Waals surface area contributed by atoms with E-state index in [1.165, 1.54) is 5.56 Å². The maximum absolute atomic E-state index is 13.9. The number of carbonyl (C=O) groups is 2. The van der Waals surface area contributed by atoms with Crippen molar-refractivity contribution in [2.75, 3.05) is 6.54 Å². The van der Waals surface area contributed by atoms with Gasteiger partial charge < -0.3 is 10.2 Å². The summed E-state index contributed by atoms with van der Waals surface area (Å²) in [5, 5.41) is 3.76. The van der Waals surface area contributed by atoms with Gasteiger partial charge in [0.2, 0.25) is 5.91 Å². The largest absolute Gasteiger partial charge is 0.358 e. The number of carbonyl (C=O) groups excluding carboxylic acids is 2. The fourth-order valence-corrected chi connectivity index (χ4v) is 5.39. The predicted octanol–water partition coefficient (Wildman–Crippen LogP) is 5.42. The smallest absolute Gasteiger partial charge is 0.243 e. The van der Waals surface area contributed by atoms with Gasteiger partial charge in [-0.3, -0.25) is 9.59 Å². The topological polar surface area (TPSA) is 49.4 Å². The number of ketones is 1. The van der Waals surface area contributed by atoms with Gasteiger partial charge in [0.05, 0.1) is 12.0 Å². The molecule has 2 aliphatic rings. The zero-order chi connectivity index (χ0) is 24.2. The number of rotatable bonds is 7. The maximum Gasteiger partial charge on any atom is 0.243 e. The number of amides is 1. The Hall–Kier alpha value is -3.63. The van der Waals surface area contributed by atoms with E-state index in [0.717, 1.165) is 12.0 Å². The Labute approximate surface area is 210 Å². The van der Waals surface area contributed by atoms with Gasteiger partial charge in [-0.15, -0.1) is 0 Å². The highest BCUT2D eigenvalue weighted by Crippen LogP contribution is 2.46. The number of nitrogens with one attached hydrogen (secondary N) is 1. The third-order valence-corrected chi connectivity index (χ3v) is 7.13. The van der Waals surface area contributed by atoms with E-state index in [1.807, 2.05) is 102 Å². The van der Waals surface area contributed by atoms with Crippen LogP contribution < -0.4 is 5.32 Å². The zero-order valence-corrected chi connectivity index (χ0v) is 20.0. The number of benzene rings is 3. The van der Waals surface area contributed by atoms with Crippen molar-refractivity contribution in [2.45, 2.75) is 24.4 Å². The third kappa shape index (κ3) is 4.80. The number of hydrogen-bond donors (Lipinski definition) is 1. The standard InChI is InChI=1S/C30H27ClN2O2/c31-24-16-14-22(15-17-24)26-27(29(34)23-11-5-2-6-12-23)25-13-7-8-20-33(25)28(26)30(35)32-19-18-21-9-3-1-4-10-21/h1-17,20,25-28H,18-19H2,(H,32,35)/t25-,26-,27-,28+/m1/s1. The van der Waals surface area contributed by atoms with Crippen LogP contribution in [0, 0.1) is 5.92 Å². The summed E-state index contributed by atoms with van der Waals surface area (Å²) in [5.41, 5.74) is 2.76. The quantitative estimate of drug-likeness (QED) is 0.457. The first kappa shape index (κ1) is 23.1. The summed E-state index contributed by atoms with van der Waals surface area (Å²) < 4.78 is 0. The number of halogens is 1. The second kappa shape index (κ2) is 10.3. The maximum atomic E-state index is 13.9. The Kier molecular flexibility index (Phi) is 6.82. The molecule has 1 amide bonds. The van der Waals surface area contributed by atoms with Crippen LogP contribution in [-0.2, 0) is 11.2 Å². The van der Waals surface area contributed by atoms with Crippen LogP contribution in [0.5, 0.6) is 0 Å². The van der Waals surface area contributed by atoms with E-state index in [2.05, 4.69) is 17.4 Å². The molecule has 0 radical (unpaired) electrons. The van der Waals surface area contributed by atoms with Crippen molar-refractivity contribution in [3.8, 4) is 0 Å². The van der Waals surface area contributed by atoms with E-state index in [-0.39, 0.29) is 23.7 Å². The molecule has 176 valence electrons. The van der Waals surface area contributed by atoms with Crippen LogP contribution in [0.25, 0.3) is 0 Å². The average molecular weight is 483 g/mol. The van der Waals surface area contributed by atoms with Crippen LogP contribution in [0.3, 0.4) is 0 Å². The van der Waals surface area contributed by atoms with Crippen LogP contribution in [0.4, 0.5) is 0 Å². The van der Waals surface area contributed by atoms with Gasteiger partial charge >= 0.3 is 0 Å². The van der Waals surface area contributed by atoms with Gasteiger partial charge in [0.25, 0.3) is 0 Å². The minimum atomic E-state index is -0.518. The molecule has 1 saturated heterocycles. The molecule has 1 N–H and O–H groups in total. The lowest BCUT2D eigenvalue weighted by atomic mass is 9.77. The normalized spacial score (nSPS) is 22.6. The van der Waals surface area contributed by atoms with Crippen molar-refractivity contribution in [3.05, 3.63) is 131 Å². The molecule has 2 heterocycles. The van der Waals surface area contributed by atoms with Crippen molar-refractivity contribution >= 4 is 23.3 Å². The molecule has 5 rings (SSSR count). The minimum Gasteiger partial charge on any atom is -0.358 e. The highest BCUT2D eigenvalue weighted by atomic mass is 35.5. The fraction of sp³-hybridized carbons (Fsp3) is 0.200. The molecular formula is C30H27ClN2O2. The molecule has 1 fully saturated rings. The van der Waals surface area contributed by atoms with E-state index >= 15 is 0 Å². The highest BCUT2D eigenvalue weighted by molar-refractivity contribution is 6.30. The Bertz CT molecular complexity index is 1240. The fourth-order valence-electron chi connectivity index (χ4n) is 5.27. The summed E-state index contributed by atoms with van der Waals surface area (Å²) in [5.74, 6) is -0.770. The van der Waals surface area contributed by atoms with Crippen molar-refractivity contribution in [2.24, 2.45) is 5.92 Å². The first-order chi connectivity index (χ1) is 17.1. The molecule has 4 nitrogen and oxygen atoms in total. The summed E-state index contributed by atoms with van der Waals surface area (Å²) in [4.78, 5) is 29.6. The van der Waals surface area contributed by atoms with Gasteiger partial charge in [-0.1, -0.05) is 96.5 Å². The molecule has 35 heavy (non-hydrogen) atoms. The number of fused-ring (bicyclic) bond motifs is 1. The molecule has 2 aliphatic heterocycles. The first-order valence-electron chi connectivity index (χ1n) is 11.9. The Balaban J connectivity index is 1.49. The Morgan fingerprint density at radius 3 is 2.26 bits per heavy atom. The number of nitrogens with zero attached hydrogens (tertiary/aromatic N) is 1. The van der Waals surface area contributed by atoms with Gasteiger partial charge in [0.15, 0.2) is 5.78 Å². The average Bonchev–Trinajstić information content (AvgIpc) is 3.25. The van der Waals surface area contributed by atoms with Crippen LogP contribution in [0.15, 0.2) is 109 Å². The lowest BCUT2D eigenvalue weighted by Crippen LogP contribution is -2.46. The number of hydrogen-bond acceptors (Lipinski definition) is 3. The van der Waals surface area contributed by atoms with Gasteiger partial charge in [-0.05, 0) is 35.8 Å². The molecule has 0 spiro atoms. The minimum absolute atomic E-state index is 0.0417. The molecule has 4 atom stereocenters. The zero-order valence-electron chi connectivity index (χ0n) is 19.3. The molecule has 0 bridgehead atoms. The molecular weight excluding hydrogens is 456 g/mol. The molecule has 3 aromatic rings. The van der Waals surface area contributed by atoms with E-state index < -0.39 is 12.0 Å². The van der Waals surface area contributed by atoms with E-state index in [1.54, 1.807) is 0 Å². The first-order valence-corrected chi connectivity index (χ1v) is 12.3. The summed E-state index contributed by atoms with van der Waals surface area (Å²) in [6.07, 6.45) is 8.60. The SMILES string of the molecule is O=C(c1ccccc1)[C@H]1[C@@H](c2ccc(Cl)cc2)[C@@H](C(=O)NCCc2ccccc2)N2C=CC=C[C@H]12. The van der Waals surface area contributed by atoms with Crippen LogP contribution in [-0.4, -0.2) is 35.2 Å². The van der Waals surface area contributed by atoms with Crippen LogP contribution in [0.1, 0.15) is 27.4 Å². The van der Waals surface area contributed by atoms with Crippen LogP contribution in [0.2, 0.25) is 5.02 Å².